The summed E-state index contributed by atoms with van der Waals surface area (Å²) in [5.41, 5.74) is 0.292. The average molecular weight is 269 g/mol. The molecule has 53 valence electrons. The van der Waals surface area contributed by atoms with Crippen LogP contribution in [0.2, 0.25) is 0 Å². The van der Waals surface area contributed by atoms with Gasteiger partial charge >= 0.3 is 16.0 Å². The summed E-state index contributed by atoms with van der Waals surface area (Å²) < 4.78 is 0. The van der Waals surface area contributed by atoms with Crippen molar-refractivity contribution in [3.05, 3.63) is 6.92 Å². The Labute approximate surface area is 80.6 Å². The molecule has 0 aliphatic rings. The van der Waals surface area contributed by atoms with Crippen LogP contribution in [0.4, 0.5) is 0 Å². The molecule has 0 amide bonds. The summed E-state index contributed by atoms with van der Waals surface area (Å²) in [6.07, 6.45) is 1.16. The molecule has 0 aliphatic carbocycles. The van der Waals surface area contributed by atoms with Gasteiger partial charge in [0.05, 0.1) is 0 Å². The molecular weight excluding hydrogens is 256 g/mol. The lowest BCUT2D eigenvalue weighted by Crippen LogP contribution is -2.00. The van der Waals surface area contributed by atoms with E-state index in [0.29, 0.717) is 5.41 Å². The molecule has 0 saturated carbocycles. The van der Waals surface area contributed by atoms with E-state index in [0.717, 1.165) is 6.42 Å². The molecule has 0 aromatic heterocycles. The Morgan fingerprint density at radius 3 is 1.56 bits per heavy atom. The zero-order valence-electron chi connectivity index (χ0n) is 6.38. The quantitative estimate of drug-likeness (QED) is 0.638. The smallest absolute Gasteiger partial charge is 0.280 e. The molecular formula is C6H13Br2Mg. The SMILES string of the molecule is [Br][Mg][Br].[CH2]C(C)(C)CC. The summed E-state index contributed by atoms with van der Waals surface area (Å²) in [6.45, 7) is 10.3. The van der Waals surface area contributed by atoms with Gasteiger partial charge in [-0.1, -0.05) is 27.2 Å². The molecule has 0 N–H and O–H groups in total. The molecule has 0 nitrogen and oxygen atoms in total. The third-order valence-electron chi connectivity index (χ3n) is 0.957. The van der Waals surface area contributed by atoms with Crippen molar-refractivity contribution in [2.75, 3.05) is 0 Å². The summed E-state index contributed by atoms with van der Waals surface area (Å²) in [5.74, 6) is 0. The third-order valence-corrected chi connectivity index (χ3v) is 0.957. The number of hydrogen-bond acceptors (Lipinski definition) is 0. The van der Waals surface area contributed by atoms with Gasteiger partial charge in [0, 0.05) is 0 Å². The Kier molecular flexibility index (Phi) is 11.6. The first-order chi connectivity index (χ1) is 3.97. The van der Waals surface area contributed by atoms with E-state index in [1.807, 2.05) is 0 Å². The molecule has 0 aromatic carbocycles. The van der Waals surface area contributed by atoms with Gasteiger partial charge in [-0.15, -0.1) is 0 Å². The van der Waals surface area contributed by atoms with Gasteiger partial charge in [-0.25, -0.2) is 0 Å². The average Bonchev–Trinajstić information content (AvgIpc) is 1.67. The van der Waals surface area contributed by atoms with Gasteiger partial charge in [-0.05, 0) is 12.3 Å². The van der Waals surface area contributed by atoms with Gasteiger partial charge < -0.3 is 0 Å². The second-order valence-corrected chi connectivity index (χ2v) is 10.7. The molecule has 0 atom stereocenters. The summed E-state index contributed by atoms with van der Waals surface area (Å²) in [5, 5.41) is 0. The van der Waals surface area contributed by atoms with Crippen molar-refractivity contribution in [3.63, 3.8) is 0 Å². The number of hydrogen-bond donors (Lipinski definition) is 0. The maximum absolute atomic E-state index is 3.89. The lowest BCUT2D eigenvalue weighted by Gasteiger charge is -2.12. The predicted molar refractivity (Wildman–Crippen MR) is 53.0 cm³/mol. The highest BCUT2D eigenvalue weighted by Crippen LogP contribution is 2.15. The van der Waals surface area contributed by atoms with Crippen LogP contribution >= 0.6 is 25.8 Å². The fraction of sp³-hybridized carbons (Fsp3) is 0.833. The summed E-state index contributed by atoms with van der Waals surface area (Å²) in [7, 11) is 0. The van der Waals surface area contributed by atoms with E-state index in [1.54, 1.807) is 0 Å². The van der Waals surface area contributed by atoms with Crippen LogP contribution in [0.25, 0.3) is 0 Å². The lowest BCUT2D eigenvalue weighted by molar-refractivity contribution is 0.457. The third kappa shape index (κ3) is 26.0. The normalized spacial score (nSPS) is 9.11. The van der Waals surface area contributed by atoms with E-state index >= 15 is 0 Å². The topological polar surface area (TPSA) is 0 Å². The second-order valence-electron chi connectivity index (χ2n) is 2.62. The fourth-order valence-electron chi connectivity index (χ4n) is 0. The second kappa shape index (κ2) is 7.83. The van der Waals surface area contributed by atoms with Crippen molar-refractivity contribution >= 4 is 41.8 Å². The number of halogens is 2. The summed E-state index contributed by atoms with van der Waals surface area (Å²) >= 11 is 6.44. The predicted octanol–water partition coefficient (Wildman–Crippen LogP) is 3.57. The van der Waals surface area contributed by atoms with Gasteiger partial charge in [0.1, 0.15) is 0 Å². The Morgan fingerprint density at radius 2 is 1.56 bits per heavy atom. The zero-order valence-corrected chi connectivity index (χ0v) is 11.0. The Balaban J connectivity index is 0. The molecule has 1 radical (unpaired) electrons. The maximum atomic E-state index is 3.89. The molecule has 9 heavy (non-hydrogen) atoms. The van der Waals surface area contributed by atoms with Crippen LogP contribution in [0.3, 0.4) is 0 Å². The van der Waals surface area contributed by atoms with Crippen molar-refractivity contribution in [1.29, 1.82) is 0 Å². The fourth-order valence-corrected chi connectivity index (χ4v) is 0. The Hall–Kier alpha value is 1.73. The molecule has 0 rings (SSSR count). The van der Waals surface area contributed by atoms with Crippen molar-refractivity contribution in [3.8, 4) is 0 Å². The first-order valence-corrected chi connectivity index (χ1v) is 10.7. The van der Waals surface area contributed by atoms with E-state index in [4.69, 9.17) is 0 Å². The van der Waals surface area contributed by atoms with Crippen molar-refractivity contribution in [2.24, 2.45) is 5.41 Å². The van der Waals surface area contributed by atoms with E-state index in [-0.39, 0.29) is 16.0 Å². The van der Waals surface area contributed by atoms with E-state index < -0.39 is 0 Å². The standard InChI is InChI=1S/C6H13.2BrH.Mg/c1-5-6(2,3)4;;;/h2,5H2,1,3-4H3;2*1H;/q;;;+2/p-2. The van der Waals surface area contributed by atoms with Crippen LogP contribution in [-0.2, 0) is 0 Å². The monoisotopic (exact) mass is 267 g/mol. The van der Waals surface area contributed by atoms with Crippen molar-refractivity contribution < 1.29 is 0 Å². The van der Waals surface area contributed by atoms with Gasteiger partial charge in [0.2, 0.25) is 0 Å². The van der Waals surface area contributed by atoms with E-state index in [1.165, 1.54) is 0 Å². The number of rotatable bonds is 1. The maximum Gasteiger partial charge on any atom is 0.560 e. The minimum Gasteiger partial charge on any atom is -0.280 e. The summed E-state index contributed by atoms with van der Waals surface area (Å²) in [6, 6.07) is 0. The molecule has 0 bridgehead atoms. The molecule has 0 saturated heterocycles. The molecule has 0 aromatic rings. The van der Waals surface area contributed by atoms with E-state index in [9.17, 15) is 0 Å². The zero-order chi connectivity index (χ0) is 7.91. The van der Waals surface area contributed by atoms with Gasteiger partial charge in [0.25, 0.3) is 0 Å². The molecule has 0 aliphatic heterocycles. The van der Waals surface area contributed by atoms with Gasteiger partial charge in [-0.3, -0.25) is 25.8 Å². The Bertz CT molecular complexity index is 49.5. The van der Waals surface area contributed by atoms with Crippen LogP contribution < -0.4 is 0 Å². The first-order valence-electron chi connectivity index (χ1n) is 2.95. The van der Waals surface area contributed by atoms with Crippen LogP contribution in [0.15, 0.2) is 0 Å². The van der Waals surface area contributed by atoms with E-state index in [2.05, 4.69) is 53.5 Å². The Morgan fingerprint density at radius 1 is 1.44 bits per heavy atom. The molecule has 0 heterocycles. The minimum atomic E-state index is 0.0417. The lowest BCUT2D eigenvalue weighted by atomic mass is 9.94. The van der Waals surface area contributed by atoms with Crippen LogP contribution in [0.1, 0.15) is 27.2 Å². The highest BCUT2D eigenvalue weighted by atomic mass is 79.9. The molecule has 0 unspecified atom stereocenters. The first kappa shape index (κ1) is 13.3. The van der Waals surface area contributed by atoms with Crippen LogP contribution in [0, 0.1) is 12.3 Å². The summed E-state index contributed by atoms with van der Waals surface area (Å²) in [4.78, 5) is 0. The largest absolute Gasteiger partial charge is 0.560 e. The minimum absolute atomic E-state index is 0.0417. The molecule has 3 heteroatoms. The highest BCUT2D eigenvalue weighted by molar-refractivity contribution is 9.47. The highest BCUT2D eigenvalue weighted by Gasteiger charge is 2.03. The van der Waals surface area contributed by atoms with Crippen LogP contribution in [0.5, 0.6) is 0 Å². The molecule has 0 spiro atoms. The van der Waals surface area contributed by atoms with Crippen LogP contribution in [-0.4, -0.2) is 16.0 Å². The molecule has 0 fully saturated rings. The van der Waals surface area contributed by atoms with Gasteiger partial charge in [-0.2, -0.15) is 0 Å². The van der Waals surface area contributed by atoms with Crippen molar-refractivity contribution in [2.45, 2.75) is 27.2 Å². The van der Waals surface area contributed by atoms with Gasteiger partial charge in [0.15, 0.2) is 0 Å². The van der Waals surface area contributed by atoms with Crippen molar-refractivity contribution in [1.82, 2.24) is 0 Å².